The first kappa shape index (κ1) is 34.0. The van der Waals surface area contributed by atoms with Crippen LogP contribution in [0.15, 0.2) is 78.9 Å². The summed E-state index contributed by atoms with van der Waals surface area (Å²) in [5, 5.41) is 22.2. The van der Waals surface area contributed by atoms with Crippen LogP contribution in [0.3, 0.4) is 0 Å². The number of hydrogen-bond acceptors (Lipinski definition) is 6. The Morgan fingerprint density at radius 1 is 0.717 bits per heavy atom. The molecular formula is C35H37F3N4O4. The minimum absolute atomic E-state index is 0.0435. The highest BCUT2D eigenvalue weighted by Crippen LogP contribution is 2.35. The number of phenolic OH excluding ortho intramolecular Hbond substituents is 1. The van der Waals surface area contributed by atoms with E-state index in [0.717, 1.165) is 12.1 Å². The van der Waals surface area contributed by atoms with Crippen molar-refractivity contribution in [3.8, 4) is 33.8 Å². The van der Waals surface area contributed by atoms with Gasteiger partial charge >= 0.3 is 0 Å². The summed E-state index contributed by atoms with van der Waals surface area (Å²) in [5.41, 5.74) is 2.14. The lowest BCUT2D eigenvalue weighted by atomic mass is 10.0. The van der Waals surface area contributed by atoms with Gasteiger partial charge in [-0.25, -0.2) is 8.78 Å². The van der Waals surface area contributed by atoms with Crippen molar-refractivity contribution in [2.45, 2.75) is 32.6 Å². The highest BCUT2D eigenvalue weighted by molar-refractivity contribution is 6.05. The van der Waals surface area contributed by atoms with Crippen molar-refractivity contribution in [3.63, 3.8) is 0 Å². The van der Waals surface area contributed by atoms with Crippen molar-refractivity contribution in [3.05, 3.63) is 96.1 Å². The first-order chi connectivity index (χ1) is 22.2. The molecule has 6 rings (SSSR count). The van der Waals surface area contributed by atoms with Gasteiger partial charge in [-0.1, -0.05) is 18.2 Å². The zero-order valence-electron chi connectivity index (χ0n) is 25.5. The lowest BCUT2D eigenvalue weighted by Gasteiger charge is -2.12. The van der Waals surface area contributed by atoms with Gasteiger partial charge < -0.3 is 26.4 Å². The van der Waals surface area contributed by atoms with E-state index in [4.69, 9.17) is 0 Å². The Morgan fingerprint density at radius 3 is 1.96 bits per heavy atom. The van der Waals surface area contributed by atoms with Gasteiger partial charge in [0, 0.05) is 39.5 Å². The van der Waals surface area contributed by atoms with Gasteiger partial charge in [0.2, 0.25) is 5.91 Å². The van der Waals surface area contributed by atoms with Crippen LogP contribution in [0.5, 0.6) is 11.5 Å². The van der Waals surface area contributed by atoms with Gasteiger partial charge in [0.1, 0.15) is 5.75 Å². The number of aromatic hydroxyl groups is 1. The number of benzene rings is 4. The SMILES string of the molecule is C1CCNC1.C1CCNC1.CC(=O)Nc1cccc(-c2cc(NC(=O)c3ccc(OF)c(-c4ccc(F)c(F)c4)c3)ccc2O)c1. The molecule has 11 heteroatoms. The molecule has 0 atom stereocenters. The lowest BCUT2D eigenvalue weighted by Crippen LogP contribution is -2.12. The van der Waals surface area contributed by atoms with Crippen molar-refractivity contribution in [2.75, 3.05) is 36.8 Å². The van der Waals surface area contributed by atoms with E-state index < -0.39 is 17.5 Å². The molecule has 46 heavy (non-hydrogen) atoms. The third-order valence-electron chi connectivity index (χ3n) is 7.22. The standard InChI is InChI=1S/C27H19F3N2O4.2C4H9N/c1-15(33)31-19-4-2-3-16(11-19)21-14-20(7-9-25(21)34)32-27(35)18-6-10-26(36-30)22(12-18)17-5-8-23(28)24(29)13-17;2*1-2-4-5-3-1/h2-14,34H,1H3,(H,31,33)(H,32,35);2*5H,1-4H2. The number of carbonyl (C=O) groups excluding carboxylic acids is 2. The summed E-state index contributed by atoms with van der Waals surface area (Å²) < 4.78 is 40.1. The van der Waals surface area contributed by atoms with Crippen LogP contribution in [0.1, 0.15) is 43.0 Å². The topological polar surface area (TPSA) is 112 Å². The molecule has 0 bridgehead atoms. The summed E-state index contributed by atoms with van der Waals surface area (Å²) >= 11 is 0. The monoisotopic (exact) mass is 634 g/mol. The first-order valence-corrected chi connectivity index (χ1v) is 15.1. The van der Waals surface area contributed by atoms with Gasteiger partial charge in [-0.15, -0.1) is 0 Å². The number of phenols is 1. The molecule has 0 radical (unpaired) electrons. The molecule has 0 aromatic heterocycles. The zero-order valence-corrected chi connectivity index (χ0v) is 25.5. The van der Waals surface area contributed by atoms with Crippen LogP contribution in [-0.4, -0.2) is 43.1 Å². The van der Waals surface area contributed by atoms with E-state index >= 15 is 0 Å². The van der Waals surface area contributed by atoms with Crippen LogP contribution < -0.4 is 26.2 Å². The Balaban J connectivity index is 0.000000406. The molecule has 2 fully saturated rings. The van der Waals surface area contributed by atoms with Gasteiger partial charge in [-0.2, -0.15) is 0 Å². The van der Waals surface area contributed by atoms with Gasteiger partial charge in [-0.3, -0.25) is 14.5 Å². The van der Waals surface area contributed by atoms with Crippen LogP contribution in [0.4, 0.5) is 24.7 Å². The molecule has 0 unspecified atom stereocenters. The van der Waals surface area contributed by atoms with Gasteiger partial charge in [0.15, 0.2) is 17.4 Å². The summed E-state index contributed by atoms with van der Waals surface area (Å²) in [6, 6.07) is 18.0. The molecule has 0 spiro atoms. The third kappa shape index (κ3) is 9.82. The molecule has 5 N–H and O–H groups in total. The van der Waals surface area contributed by atoms with Crippen LogP contribution in [-0.2, 0) is 4.79 Å². The van der Waals surface area contributed by atoms with Gasteiger partial charge in [0.25, 0.3) is 5.91 Å². The Bertz CT molecular complexity index is 1620. The second kappa shape index (κ2) is 17.0. The molecule has 4 aromatic rings. The highest BCUT2D eigenvalue weighted by atomic mass is 19.3. The number of rotatable bonds is 6. The second-order valence-electron chi connectivity index (χ2n) is 10.8. The van der Waals surface area contributed by atoms with E-state index in [2.05, 4.69) is 26.2 Å². The molecule has 8 nitrogen and oxygen atoms in total. The Morgan fingerprint density at radius 2 is 1.37 bits per heavy atom. The number of hydrogen-bond donors (Lipinski definition) is 5. The van der Waals surface area contributed by atoms with Crippen molar-refractivity contribution >= 4 is 23.2 Å². The van der Waals surface area contributed by atoms with Crippen LogP contribution in [0.2, 0.25) is 0 Å². The van der Waals surface area contributed by atoms with E-state index in [1.54, 1.807) is 30.3 Å². The molecular weight excluding hydrogens is 597 g/mol. The third-order valence-corrected chi connectivity index (χ3v) is 7.22. The maximum atomic E-state index is 13.7. The first-order valence-electron chi connectivity index (χ1n) is 15.1. The Kier molecular flexibility index (Phi) is 12.6. The fourth-order valence-electron chi connectivity index (χ4n) is 4.89. The number of halogens is 3. The maximum absolute atomic E-state index is 13.7. The number of carbonyl (C=O) groups is 2. The fraction of sp³-hybridized carbons (Fsp3) is 0.257. The van der Waals surface area contributed by atoms with E-state index in [1.165, 1.54) is 95.2 Å². The summed E-state index contributed by atoms with van der Waals surface area (Å²) in [5.74, 6) is -3.34. The van der Waals surface area contributed by atoms with E-state index in [-0.39, 0.29) is 34.1 Å². The summed E-state index contributed by atoms with van der Waals surface area (Å²) in [4.78, 5) is 28.1. The molecule has 4 aromatic carbocycles. The number of nitrogens with one attached hydrogen (secondary N) is 4. The molecule has 0 saturated carbocycles. The molecule has 2 aliphatic rings. The van der Waals surface area contributed by atoms with Crippen molar-refractivity contribution in [1.29, 1.82) is 0 Å². The van der Waals surface area contributed by atoms with Crippen LogP contribution in [0, 0.1) is 11.6 Å². The van der Waals surface area contributed by atoms with Crippen molar-refractivity contribution in [1.82, 2.24) is 10.6 Å². The van der Waals surface area contributed by atoms with E-state index in [9.17, 15) is 28.0 Å². The summed E-state index contributed by atoms with van der Waals surface area (Å²) in [6.07, 6.45) is 5.56. The largest absolute Gasteiger partial charge is 0.507 e. The average molecular weight is 635 g/mol. The molecule has 2 amide bonds. The second-order valence-corrected chi connectivity index (χ2v) is 10.8. The van der Waals surface area contributed by atoms with E-state index in [1.807, 2.05) is 0 Å². The normalized spacial score (nSPS) is 13.5. The molecule has 2 aliphatic heterocycles. The Hall–Kier alpha value is -4.87. The lowest BCUT2D eigenvalue weighted by molar-refractivity contribution is -0.114. The summed E-state index contributed by atoms with van der Waals surface area (Å²) in [7, 11) is 0. The Labute approximate surface area is 265 Å². The number of anilines is 2. The fourth-order valence-corrected chi connectivity index (χ4v) is 4.89. The maximum Gasteiger partial charge on any atom is 0.255 e. The predicted molar refractivity (Wildman–Crippen MR) is 174 cm³/mol. The quantitative estimate of drug-likeness (QED) is 0.143. The molecule has 2 saturated heterocycles. The molecule has 0 aliphatic carbocycles. The molecule has 242 valence electrons. The van der Waals surface area contributed by atoms with Crippen LogP contribution in [0.25, 0.3) is 22.3 Å². The van der Waals surface area contributed by atoms with Gasteiger partial charge in [0.05, 0.1) is 0 Å². The van der Waals surface area contributed by atoms with Gasteiger partial charge in [-0.05, 0) is 124 Å². The highest BCUT2D eigenvalue weighted by Gasteiger charge is 2.16. The minimum Gasteiger partial charge on any atom is -0.507 e. The van der Waals surface area contributed by atoms with Crippen molar-refractivity contribution < 1.29 is 32.9 Å². The molecule has 2 heterocycles. The smallest absolute Gasteiger partial charge is 0.255 e. The zero-order chi connectivity index (χ0) is 32.9. The summed E-state index contributed by atoms with van der Waals surface area (Å²) in [6.45, 7) is 6.38. The number of amides is 2. The average Bonchev–Trinajstić information content (AvgIpc) is 3.83. The van der Waals surface area contributed by atoms with Crippen LogP contribution >= 0.6 is 0 Å². The van der Waals surface area contributed by atoms with E-state index in [0.29, 0.717) is 22.5 Å². The minimum atomic E-state index is -1.13. The predicted octanol–water partition coefficient (Wildman–Crippen LogP) is 7.22. The van der Waals surface area contributed by atoms with Crippen molar-refractivity contribution in [2.24, 2.45) is 0 Å².